The van der Waals surface area contributed by atoms with Gasteiger partial charge in [-0.25, -0.2) is 14.6 Å². The lowest BCUT2D eigenvalue weighted by Gasteiger charge is -2.11. The van der Waals surface area contributed by atoms with Crippen LogP contribution in [0.25, 0.3) is 50.0 Å². The lowest BCUT2D eigenvalue weighted by molar-refractivity contribution is -0.141. The summed E-state index contributed by atoms with van der Waals surface area (Å²) in [5, 5.41) is 6.07. The number of ether oxygens (including phenoxy) is 4. The zero-order chi connectivity index (χ0) is 32.8. The largest absolute Gasteiger partial charge is 0.454 e. The molecule has 48 heavy (non-hydrogen) atoms. The summed E-state index contributed by atoms with van der Waals surface area (Å²) in [6, 6.07) is 30.8. The molecule has 0 unspecified atom stereocenters. The van der Waals surface area contributed by atoms with Crippen LogP contribution < -0.4 is 18.9 Å². The Morgan fingerprint density at radius 2 is 1.15 bits per heavy atom. The van der Waals surface area contributed by atoms with Crippen LogP contribution >= 0.6 is 11.6 Å². The van der Waals surface area contributed by atoms with E-state index in [9.17, 15) is 13.2 Å². The minimum Gasteiger partial charge on any atom is -0.454 e. The molecule has 12 heteroatoms. The zero-order valence-electron chi connectivity index (χ0n) is 24.7. The van der Waals surface area contributed by atoms with E-state index in [1.807, 2.05) is 72.8 Å². The summed E-state index contributed by atoms with van der Waals surface area (Å²) in [6.07, 6.45) is -3.21. The van der Waals surface area contributed by atoms with Gasteiger partial charge in [0.15, 0.2) is 28.7 Å². The van der Waals surface area contributed by atoms with E-state index in [1.165, 1.54) is 10.9 Å². The first kappa shape index (κ1) is 29.6. The number of hydrogen-bond acceptors (Lipinski definition) is 7. The lowest BCUT2D eigenvalue weighted by Crippen LogP contribution is -2.07. The molecular formula is C36H22ClF3N4O4. The van der Waals surface area contributed by atoms with Crippen LogP contribution in [0.4, 0.5) is 13.2 Å². The average molecular weight is 667 g/mol. The lowest BCUT2D eigenvalue weighted by atomic mass is 10.1. The van der Waals surface area contributed by atoms with Crippen LogP contribution in [0.15, 0.2) is 109 Å². The van der Waals surface area contributed by atoms with Gasteiger partial charge in [0.25, 0.3) is 0 Å². The van der Waals surface area contributed by atoms with Crippen LogP contribution in [0.1, 0.15) is 5.69 Å². The van der Waals surface area contributed by atoms with Gasteiger partial charge in [-0.3, -0.25) is 0 Å². The fourth-order valence-corrected chi connectivity index (χ4v) is 5.76. The molecule has 3 aromatic heterocycles. The van der Waals surface area contributed by atoms with E-state index in [0.717, 1.165) is 45.3 Å². The summed E-state index contributed by atoms with van der Waals surface area (Å²) in [5.74, 6) is 2.76. The molecule has 0 saturated carbocycles. The van der Waals surface area contributed by atoms with E-state index in [2.05, 4.69) is 15.1 Å². The van der Waals surface area contributed by atoms with E-state index >= 15 is 0 Å². The number of pyridine rings is 2. The summed E-state index contributed by atoms with van der Waals surface area (Å²) in [7, 11) is 0. The SMILES string of the molecule is Clc1cc(-c2ccc3c(c2)OCO3)nc2ccccc12.FC(F)(F)c1ccn(-c2cc(-c3ccc4c(c3)OCO4)nc3ccccc23)n1. The fraction of sp³-hybridized carbons (Fsp3) is 0.0833. The number of para-hydroxylation sites is 2. The number of alkyl halides is 3. The highest BCUT2D eigenvalue weighted by Gasteiger charge is 2.33. The Morgan fingerprint density at radius 1 is 0.604 bits per heavy atom. The molecule has 2 aliphatic heterocycles. The van der Waals surface area contributed by atoms with Crippen molar-refractivity contribution in [3.05, 3.63) is 120 Å². The Balaban J connectivity index is 0.000000148. The van der Waals surface area contributed by atoms with Gasteiger partial charge in [0.05, 0.1) is 33.1 Å². The van der Waals surface area contributed by atoms with Gasteiger partial charge in [0.1, 0.15) is 0 Å². The monoisotopic (exact) mass is 666 g/mol. The molecule has 0 bridgehead atoms. The fourth-order valence-electron chi connectivity index (χ4n) is 5.50. The molecule has 4 aromatic carbocycles. The molecule has 2 aliphatic rings. The zero-order valence-corrected chi connectivity index (χ0v) is 25.5. The molecule has 0 spiro atoms. The van der Waals surface area contributed by atoms with E-state index in [-0.39, 0.29) is 13.6 Å². The second kappa shape index (κ2) is 11.8. The van der Waals surface area contributed by atoms with Gasteiger partial charge in [0.2, 0.25) is 13.6 Å². The van der Waals surface area contributed by atoms with Gasteiger partial charge in [0, 0.05) is 28.1 Å². The van der Waals surface area contributed by atoms with Crippen LogP contribution in [0.2, 0.25) is 5.02 Å². The predicted octanol–water partition coefficient (Wildman–Crippen LogP) is 9.12. The smallest absolute Gasteiger partial charge is 0.435 e. The molecule has 0 N–H and O–H groups in total. The maximum absolute atomic E-state index is 13.0. The summed E-state index contributed by atoms with van der Waals surface area (Å²) in [4.78, 5) is 9.30. The van der Waals surface area contributed by atoms with E-state index in [0.29, 0.717) is 38.8 Å². The van der Waals surface area contributed by atoms with Gasteiger partial charge in [-0.1, -0.05) is 48.0 Å². The number of rotatable bonds is 3. The maximum Gasteiger partial charge on any atom is 0.435 e. The van der Waals surface area contributed by atoms with Crippen molar-refractivity contribution in [3.63, 3.8) is 0 Å². The van der Waals surface area contributed by atoms with Crippen molar-refractivity contribution in [2.24, 2.45) is 0 Å². The van der Waals surface area contributed by atoms with Gasteiger partial charge >= 0.3 is 6.18 Å². The molecule has 238 valence electrons. The topological polar surface area (TPSA) is 80.5 Å². The highest BCUT2D eigenvalue weighted by Crippen LogP contribution is 2.38. The molecule has 0 saturated heterocycles. The second-order valence-corrected chi connectivity index (χ2v) is 11.2. The summed E-state index contributed by atoms with van der Waals surface area (Å²) < 4.78 is 61.6. The Hall–Kier alpha value is -5.81. The van der Waals surface area contributed by atoms with Gasteiger partial charge in [-0.2, -0.15) is 18.3 Å². The molecular weight excluding hydrogens is 645 g/mol. The first-order valence-electron chi connectivity index (χ1n) is 14.7. The van der Waals surface area contributed by atoms with Crippen molar-refractivity contribution >= 4 is 33.4 Å². The van der Waals surface area contributed by atoms with Crippen LogP contribution in [-0.2, 0) is 6.18 Å². The first-order valence-corrected chi connectivity index (χ1v) is 15.1. The Bertz CT molecular complexity index is 2340. The minimum absolute atomic E-state index is 0.155. The number of benzene rings is 4. The van der Waals surface area contributed by atoms with Crippen molar-refractivity contribution in [3.8, 4) is 51.2 Å². The van der Waals surface area contributed by atoms with Crippen LogP contribution in [0.3, 0.4) is 0 Å². The standard InChI is InChI=1S/C20H12F3N3O2.C16H10ClNO2/c21-20(22,23)19-7-8-26(25-19)16-10-15(24-14-4-2-1-3-13(14)16)12-5-6-17-18(9-12)28-11-27-17;17-12-8-14(18-13-4-2-1-3-11(12)13)10-5-6-15-16(7-10)20-9-19-15/h1-10H,11H2;1-8H,9H2. The van der Waals surface area contributed by atoms with E-state index in [1.54, 1.807) is 24.3 Å². The molecule has 0 radical (unpaired) electrons. The summed E-state index contributed by atoms with van der Waals surface area (Å²) in [6.45, 7) is 0.424. The van der Waals surface area contributed by atoms with Crippen LogP contribution in [0, 0.1) is 0 Å². The van der Waals surface area contributed by atoms with E-state index < -0.39 is 11.9 Å². The Kier molecular flexibility index (Phi) is 7.25. The normalized spacial score (nSPS) is 13.1. The van der Waals surface area contributed by atoms with Crippen molar-refractivity contribution < 1.29 is 32.1 Å². The third kappa shape index (κ3) is 5.58. The molecule has 9 rings (SSSR count). The molecule has 5 heterocycles. The maximum atomic E-state index is 13.0. The van der Waals surface area contributed by atoms with Gasteiger partial charge in [-0.05, 0) is 66.7 Å². The molecule has 8 nitrogen and oxygen atoms in total. The molecule has 0 amide bonds. The highest BCUT2D eigenvalue weighted by atomic mass is 35.5. The predicted molar refractivity (Wildman–Crippen MR) is 174 cm³/mol. The molecule has 0 atom stereocenters. The van der Waals surface area contributed by atoms with Crippen LogP contribution in [0.5, 0.6) is 23.0 Å². The minimum atomic E-state index is -4.51. The Labute approximate surface area is 275 Å². The number of fused-ring (bicyclic) bond motifs is 4. The Morgan fingerprint density at radius 3 is 1.75 bits per heavy atom. The van der Waals surface area contributed by atoms with Crippen molar-refractivity contribution in [1.29, 1.82) is 0 Å². The highest BCUT2D eigenvalue weighted by molar-refractivity contribution is 6.35. The average Bonchev–Trinajstić information content (AvgIpc) is 3.89. The quantitative estimate of drug-likeness (QED) is 0.186. The second-order valence-electron chi connectivity index (χ2n) is 10.8. The number of hydrogen-bond donors (Lipinski definition) is 0. The third-order valence-corrected chi connectivity index (χ3v) is 8.14. The number of aromatic nitrogens is 4. The third-order valence-electron chi connectivity index (χ3n) is 7.82. The molecule has 0 aliphatic carbocycles. The van der Waals surface area contributed by atoms with Crippen molar-refractivity contribution in [1.82, 2.24) is 19.7 Å². The van der Waals surface area contributed by atoms with Crippen molar-refractivity contribution in [2.45, 2.75) is 6.18 Å². The molecule has 7 aromatic rings. The number of halogens is 4. The first-order chi connectivity index (χ1) is 23.3. The molecule has 0 fully saturated rings. The van der Waals surface area contributed by atoms with Crippen LogP contribution in [-0.4, -0.2) is 33.3 Å². The summed E-state index contributed by atoms with van der Waals surface area (Å²) in [5.41, 5.74) is 4.24. The van der Waals surface area contributed by atoms with E-state index in [4.69, 9.17) is 30.5 Å². The number of nitrogens with zero attached hydrogens (tertiary/aromatic N) is 4. The van der Waals surface area contributed by atoms with Crippen molar-refractivity contribution in [2.75, 3.05) is 13.6 Å². The van der Waals surface area contributed by atoms with Gasteiger partial charge < -0.3 is 18.9 Å². The summed E-state index contributed by atoms with van der Waals surface area (Å²) >= 11 is 6.33. The van der Waals surface area contributed by atoms with Gasteiger partial charge in [-0.15, -0.1) is 0 Å².